The maximum atomic E-state index is 13.2. The molecule has 9 heteroatoms. The molecule has 2 aromatic rings. The van der Waals surface area contributed by atoms with Crippen LogP contribution in [0.3, 0.4) is 0 Å². The molecule has 7 nitrogen and oxygen atoms in total. The molecule has 1 aromatic heterocycles. The number of hydrogen-bond acceptors (Lipinski definition) is 5. The second-order valence-corrected chi connectivity index (χ2v) is 10.5. The van der Waals surface area contributed by atoms with Crippen molar-refractivity contribution in [2.24, 2.45) is 4.99 Å². The summed E-state index contributed by atoms with van der Waals surface area (Å²) in [4.78, 5) is 9.38. The van der Waals surface area contributed by atoms with E-state index in [1.165, 1.54) is 9.75 Å². The fraction of sp³-hybridized carbons (Fsp3) is 0.476. The number of likely N-dealkylation sites (N-methyl/N-ethyl adjacent to an activating group) is 1. The smallest absolute Gasteiger partial charge is 0.243 e. The summed E-state index contributed by atoms with van der Waals surface area (Å²) in [5, 5.41) is 6.56. The Morgan fingerprint density at radius 2 is 1.70 bits per heavy atom. The van der Waals surface area contributed by atoms with Gasteiger partial charge in [0.25, 0.3) is 0 Å². The van der Waals surface area contributed by atoms with Crippen molar-refractivity contribution in [3.8, 4) is 0 Å². The third-order valence-electron chi connectivity index (χ3n) is 5.22. The van der Waals surface area contributed by atoms with Crippen molar-refractivity contribution in [1.29, 1.82) is 0 Å². The van der Waals surface area contributed by atoms with Crippen LogP contribution < -0.4 is 10.6 Å². The maximum Gasteiger partial charge on any atom is 0.243 e. The Balaban J connectivity index is 1.65. The van der Waals surface area contributed by atoms with Crippen LogP contribution in [0.2, 0.25) is 0 Å². The molecule has 0 atom stereocenters. The molecule has 30 heavy (non-hydrogen) atoms. The average Bonchev–Trinajstić information content (AvgIpc) is 3.22. The van der Waals surface area contributed by atoms with Crippen molar-refractivity contribution in [1.82, 2.24) is 19.8 Å². The van der Waals surface area contributed by atoms with E-state index in [-0.39, 0.29) is 0 Å². The monoisotopic (exact) mass is 449 g/mol. The number of aliphatic imine (C=N–C) groups is 1. The average molecular weight is 450 g/mol. The first-order valence-electron chi connectivity index (χ1n) is 10.2. The van der Waals surface area contributed by atoms with Crippen molar-refractivity contribution < 1.29 is 8.42 Å². The Kier molecular flexibility index (Phi) is 7.87. The molecule has 1 fully saturated rings. The maximum absolute atomic E-state index is 13.2. The summed E-state index contributed by atoms with van der Waals surface area (Å²) in [5.41, 5.74) is 0.740. The fourth-order valence-electron chi connectivity index (χ4n) is 3.35. The van der Waals surface area contributed by atoms with Crippen LogP contribution in [0.25, 0.3) is 0 Å². The first kappa shape index (κ1) is 22.7. The largest absolute Gasteiger partial charge is 0.352 e. The number of hydrogen-bond donors (Lipinski definition) is 2. The van der Waals surface area contributed by atoms with Crippen LogP contribution in [-0.4, -0.2) is 63.9 Å². The van der Waals surface area contributed by atoms with E-state index in [1.807, 2.05) is 19.2 Å². The minimum Gasteiger partial charge on any atom is -0.352 e. The second kappa shape index (κ2) is 10.4. The topological polar surface area (TPSA) is 77.0 Å². The summed E-state index contributed by atoms with van der Waals surface area (Å²) >= 11 is 1.79. The highest BCUT2D eigenvalue weighted by atomic mass is 32.2. The van der Waals surface area contributed by atoms with Crippen molar-refractivity contribution in [3.05, 3.63) is 51.7 Å². The van der Waals surface area contributed by atoms with Gasteiger partial charge in [-0.15, -0.1) is 11.3 Å². The quantitative estimate of drug-likeness (QED) is 0.500. The zero-order valence-corrected chi connectivity index (χ0v) is 19.5. The zero-order chi connectivity index (χ0) is 21.6. The van der Waals surface area contributed by atoms with Crippen LogP contribution in [0.15, 0.2) is 46.3 Å². The standard InChI is InChI=1S/C21H31N5O2S2/c1-4-18-9-10-19(29-18)16-24-21(22-2)23-15-17-7-5-6-8-20(17)30(27,28)26-13-11-25(3)12-14-26/h5-10H,4,11-16H2,1-3H3,(H2,22,23,24). The molecule has 0 saturated carbocycles. The molecule has 3 rings (SSSR count). The van der Waals surface area contributed by atoms with Crippen LogP contribution in [0.4, 0.5) is 0 Å². The van der Waals surface area contributed by atoms with E-state index in [1.54, 1.807) is 34.8 Å². The minimum atomic E-state index is -3.52. The number of guanidine groups is 1. The Morgan fingerprint density at radius 1 is 1.03 bits per heavy atom. The molecular formula is C21H31N5O2S2. The number of sulfonamides is 1. The fourth-order valence-corrected chi connectivity index (χ4v) is 5.89. The number of nitrogens with one attached hydrogen (secondary N) is 2. The lowest BCUT2D eigenvalue weighted by Gasteiger charge is -2.32. The van der Waals surface area contributed by atoms with Gasteiger partial charge < -0.3 is 15.5 Å². The van der Waals surface area contributed by atoms with Crippen LogP contribution in [0, 0.1) is 0 Å². The number of nitrogens with zero attached hydrogens (tertiary/aromatic N) is 3. The minimum absolute atomic E-state index is 0.364. The predicted molar refractivity (Wildman–Crippen MR) is 123 cm³/mol. The van der Waals surface area contributed by atoms with E-state index in [4.69, 9.17) is 0 Å². The highest BCUT2D eigenvalue weighted by Crippen LogP contribution is 2.21. The van der Waals surface area contributed by atoms with Gasteiger partial charge in [-0.3, -0.25) is 4.99 Å². The van der Waals surface area contributed by atoms with Gasteiger partial charge in [0.1, 0.15) is 0 Å². The summed E-state index contributed by atoms with van der Waals surface area (Å²) < 4.78 is 28.0. The van der Waals surface area contributed by atoms with Crippen LogP contribution in [0.1, 0.15) is 22.2 Å². The molecule has 0 amide bonds. The van der Waals surface area contributed by atoms with E-state index in [0.29, 0.717) is 37.0 Å². The highest BCUT2D eigenvalue weighted by molar-refractivity contribution is 7.89. The Hall–Kier alpha value is -1.94. The number of piperazine rings is 1. The Morgan fingerprint density at radius 3 is 2.37 bits per heavy atom. The van der Waals surface area contributed by atoms with Gasteiger partial charge in [-0.25, -0.2) is 8.42 Å². The SMILES string of the molecule is CCc1ccc(CNC(=NC)NCc2ccccc2S(=O)(=O)N2CCN(C)CC2)s1. The lowest BCUT2D eigenvalue weighted by atomic mass is 10.2. The van der Waals surface area contributed by atoms with E-state index >= 15 is 0 Å². The van der Waals surface area contributed by atoms with E-state index < -0.39 is 10.0 Å². The van der Waals surface area contributed by atoms with Gasteiger partial charge in [0.05, 0.1) is 11.4 Å². The van der Waals surface area contributed by atoms with Gasteiger partial charge >= 0.3 is 0 Å². The second-order valence-electron chi connectivity index (χ2n) is 7.32. The van der Waals surface area contributed by atoms with E-state index in [2.05, 4.69) is 39.6 Å². The number of thiophene rings is 1. The van der Waals surface area contributed by atoms with Gasteiger partial charge in [-0.1, -0.05) is 25.1 Å². The summed E-state index contributed by atoms with van der Waals surface area (Å²) in [6.45, 7) is 5.75. The molecule has 0 spiro atoms. The van der Waals surface area contributed by atoms with Crippen LogP contribution in [-0.2, 0) is 29.5 Å². The van der Waals surface area contributed by atoms with Crippen LogP contribution in [0.5, 0.6) is 0 Å². The third-order valence-corrected chi connectivity index (χ3v) is 8.45. The van der Waals surface area contributed by atoms with Crippen molar-refractivity contribution in [3.63, 3.8) is 0 Å². The first-order chi connectivity index (χ1) is 14.4. The predicted octanol–water partition coefficient (Wildman–Crippen LogP) is 2.11. The molecule has 0 unspecified atom stereocenters. The molecule has 1 saturated heterocycles. The molecule has 0 aliphatic carbocycles. The van der Waals surface area contributed by atoms with Crippen molar-refractivity contribution >= 4 is 27.3 Å². The highest BCUT2D eigenvalue weighted by Gasteiger charge is 2.29. The normalized spacial score (nSPS) is 16.6. The van der Waals surface area contributed by atoms with E-state index in [0.717, 1.165) is 25.1 Å². The van der Waals surface area contributed by atoms with Crippen molar-refractivity contribution in [2.45, 2.75) is 31.3 Å². The summed E-state index contributed by atoms with van der Waals surface area (Å²) in [5.74, 6) is 0.647. The summed E-state index contributed by atoms with van der Waals surface area (Å²) in [7, 11) is 0.212. The van der Waals surface area contributed by atoms with Gasteiger partial charge in [0, 0.05) is 49.5 Å². The van der Waals surface area contributed by atoms with Gasteiger partial charge in [-0.05, 0) is 37.2 Å². The molecule has 164 valence electrons. The zero-order valence-electron chi connectivity index (χ0n) is 17.9. The van der Waals surface area contributed by atoms with Crippen molar-refractivity contribution in [2.75, 3.05) is 40.3 Å². The van der Waals surface area contributed by atoms with Gasteiger partial charge in [-0.2, -0.15) is 4.31 Å². The molecule has 2 N–H and O–H groups in total. The summed E-state index contributed by atoms with van der Waals surface area (Å²) in [6.07, 6.45) is 1.04. The molecule has 1 aliphatic rings. The molecule has 0 bridgehead atoms. The number of benzene rings is 1. The number of aryl methyl sites for hydroxylation is 1. The van der Waals surface area contributed by atoms with E-state index in [9.17, 15) is 8.42 Å². The molecular weight excluding hydrogens is 418 g/mol. The number of rotatable bonds is 7. The lowest BCUT2D eigenvalue weighted by molar-refractivity contribution is 0.222. The Bertz CT molecular complexity index is 963. The van der Waals surface area contributed by atoms with Gasteiger partial charge in [0.15, 0.2) is 5.96 Å². The first-order valence-corrected chi connectivity index (χ1v) is 12.5. The summed E-state index contributed by atoms with van der Waals surface area (Å²) in [6, 6.07) is 11.5. The van der Waals surface area contributed by atoms with Crippen LogP contribution >= 0.6 is 11.3 Å². The third kappa shape index (κ3) is 5.60. The van der Waals surface area contributed by atoms with Gasteiger partial charge in [0.2, 0.25) is 10.0 Å². The Labute approximate surface area is 183 Å². The molecule has 1 aliphatic heterocycles. The molecule has 2 heterocycles. The lowest BCUT2D eigenvalue weighted by Crippen LogP contribution is -2.47. The molecule has 0 radical (unpaired) electrons. The molecule has 1 aromatic carbocycles.